The van der Waals surface area contributed by atoms with Crippen molar-refractivity contribution in [3.8, 4) is 11.3 Å². The molecule has 0 aliphatic carbocycles. The summed E-state index contributed by atoms with van der Waals surface area (Å²) in [5, 5.41) is 10.1. The summed E-state index contributed by atoms with van der Waals surface area (Å²) in [7, 11) is 3.32. The molecule has 0 fully saturated rings. The number of hydrogen-bond acceptors (Lipinski definition) is 6. The average Bonchev–Trinajstić information content (AvgIpc) is 2.90. The fraction of sp³-hybridized carbons (Fsp3) is 0.500. The van der Waals surface area contributed by atoms with Crippen molar-refractivity contribution in [2.45, 2.75) is 19.8 Å². The van der Waals surface area contributed by atoms with Crippen LogP contribution in [0, 0.1) is 0 Å². The molecule has 0 spiro atoms. The van der Waals surface area contributed by atoms with E-state index in [-0.39, 0.29) is 11.5 Å². The van der Waals surface area contributed by atoms with Gasteiger partial charge in [-0.15, -0.1) is 11.3 Å². The number of thiazole rings is 1. The first-order chi connectivity index (χ1) is 10.0. The lowest BCUT2D eigenvalue weighted by Gasteiger charge is -2.08. The zero-order chi connectivity index (χ0) is 15.4. The van der Waals surface area contributed by atoms with Gasteiger partial charge in [0.2, 0.25) is 0 Å². The van der Waals surface area contributed by atoms with E-state index in [1.54, 1.807) is 14.2 Å². The standard InChI is InChI=1S/C14H20N4O2S/c1-9(2)11-7-10(13(19)18(3)17-11)12-8-21-14(16-12)15-5-6-20-4/h7-9H,5-6H2,1-4H3,(H,15,16). The Bertz CT molecular complexity index is 663. The maximum atomic E-state index is 12.2. The van der Waals surface area contributed by atoms with Gasteiger partial charge < -0.3 is 10.1 Å². The van der Waals surface area contributed by atoms with E-state index in [0.29, 0.717) is 24.4 Å². The Hall–Kier alpha value is -1.73. The maximum absolute atomic E-state index is 12.2. The van der Waals surface area contributed by atoms with Gasteiger partial charge in [0, 0.05) is 26.1 Å². The molecule has 2 aromatic heterocycles. The molecule has 0 amide bonds. The number of methoxy groups -OCH3 is 1. The van der Waals surface area contributed by atoms with E-state index in [1.807, 2.05) is 11.4 Å². The first kappa shape index (κ1) is 15.7. The zero-order valence-corrected chi connectivity index (χ0v) is 13.5. The summed E-state index contributed by atoms with van der Waals surface area (Å²) in [5.41, 5.74) is 2.03. The summed E-state index contributed by atoms with van der Waals surface area (Å²) in [6.45, 7) is 5.41. The number of nitrogens with zero attached hydrogens (tertiary/aromatic N) is 3. The molecular formula is C14H20N4O2S. The van der Waals surface area contributed by atoms with Crippen LogP contribution in [0.25, 0.3) is 11.3 Å². The molecule has 0 aromatic carbocycles. The molecule has 2 aromatic rings. The van der Waals surface area contributed by atoms with Crippen molar-refractivity contribution < 1.29 is 4.74 Å². The summed E-state index contributed by atoms with van der Waals surface area (Å²) in [5.74, 6) is 0.258. The van der Waals surface area contributed by atoms with Gasteiger partial charge in [0.25, 0.3) is 5.56 Å². The SMILES string of the molecule is COCCNc1nc(-c2cc(C(C)C)nn(C)c2=O)cs1. The van der Waals surface area contributed by atoms with E-state index in [9.17, 15) is 4.79 Å². The Kier molecular flexibility index (Phi) is 5.08. The number of ether oxygens (including phenoxy) is 1. The fourth-order valence-electron chi connectivity index (χ4n) is 1.84. The molecule has 6 nitrogen and oxygen atoms in total. The molecule has 0 bridgehead atoms. The lowest BCUT2D eigenvalue weighted by Crippen LogP contribution is -2.23. The molecule has 2 rings (SSSR count). The molecule has 0 aliphatic rings. The van der Waals surface area contributed by atoms with Gasteiger partial charge >= 0.3 is 0 Å². The lowest BCUT2D eigenvalue weighted by molar-refractivity contribution is 0.211. The highest BCUT2D eigenvalue weighted by atomic mass is 32.1. The predicted molar refractivity (Wildman–Crippen MR) is 85.0 cm³/mol. The van der Waals surface area contributed by atoms with Crippen molar-refractivity contribution in [3.05, 3.63) is 27.5 Å². The second-order valence-electron chi connectivity index (χ2n) is 5.02. The van der Waals surface area contributed by atoms with Crippen molar-refractivity contribution in [2.75, 3.05) is 25.6 Å². The van der Waals surface area contributed by atoms with Crippen molar-refractivity contribution >= 4 is 16.5 Å². The van der Waals surface area contributed by atoms with Crippen molar-refractivity contribution in [1.82, 2.24) is 14.8 Å². The quantitative estimate of drug-likeness (QED) is 0.828. The van der Waals surface area contributed by atoms with Crippen LogP contribution in [0.5, 0.6) is 0 Å². The Morgan fingerprint density at radius 3 is 2.90 bits per heavy atom. The zero-order valence-electron chi connectivity index (χ0n) is 12.7. The molecule has 1 N–H and O–H groups in total. The lowest BCUT2D eigenvalue weighted by atomic mass is 10.1. The maximum Gasteiger partial charge on any atom is 0.275 e. The van der Waals surface area contributed by atoms with E-state index in [0.717, 1.165) is 10.8 Å². The van der Waals surface area contributed by atoms with Crippen LogP contribution in [-0.2, 0) is 11.8 Å². The summed E-state index contributed by atoms with van der Waals surface area (Å²) in [4.78, 5) is 16.7. The van der Waals surface area contributed by atoms with Crippen LogP contribution >= 0.6 is 11.3 Å². The number of hydrogen-bond donors (Lipinski definition) is 1. The van der Waals surface area contributed by atoms with Crippen LogP contribution in [0.1, 0.15) is 25.5 Å². The van der Waals surface area contributed by atoms with E-state index in [1.165, 1.54) is 16.0 Å². The highest BCUT2D eigenvalue weighted by Gasteiger charge is 2.13. The third-order valence-electron chi connectivity index (χ3n) is 3.04. The molecular weight excluding hydrogens is 288 g/mol. The van der Waals surface area contributed by atoms with E-state index in [2.05, 4.69) is 29.2 Å². The van der Waals surface area contributed by atoms with E-state index < -0.39 is 0 Å². The van der Waals surface area contributed by atoms with Crippen LogP contribution in [0.4, 0.5) is 5.13 Å². The summed E-state index contributed by atoms with van der Waals surface area (Å²) in [6, 6.07) is 1.83. The first-order valence-electron chi connectivity index (χ1n) is 6.80. The number of aryl methyl sites for hydroxylation is 1. The highest BCUT2D eigenvalue weighted by molar-refractivity contribution is 7.14. The van der Waals surface area contributed by atoms with Gasteiger partial charge in [-0.25, -0.2) is 9.67 Å². The van der Waals surface area contributed by atoms with E-state index >= 15 is 0 Å². The molecule has 0 saturated heterocycles. The second kappa shape index (κ2) is 6.82. The predicted octanol–water partition coefficient (Wildman–Crippen LogP) is 2.09. The molecule has 21 heavy (non-hydrogen) atoms. The molecule has 114 valence electrons. The van der Waals surface area contributed by atoms with Gasteiger partial charge in [-0.1, -0.05) is 13.8 Å². The van der Waals surface area contributed by atoms with Gasteiger partial charge in [-0.05, 0) is 12.0 Å². The molecule has 0 aliphatic heterocycles. The molecule has 0 unspecified atom stereocenters. The van der Waals surface area contributed by atoms with Gasteiger partial charge in [0.15, 0.2) is 5.13 Å². The van der Waals surface area contributed by atoms with Gasteiger partial charge in [-0.2, -0.15) is 5.10 Å². The largest absolute Gasteiger partial charge is 0.383 e. The first-order valence-corrected chi connectivity index (χ1v) is 7.68. The average molecular weight is 308 g/mol. The van der Waals surface area contributed by atoms with Crippen LogP contribution in [0.15, 0.2) is 16.2 Å². The minimum Gasteiger partial charge on any atom is -0.383 e. The Morgan fingerprint density at radius 1 is 1.48 bits per heavy atom. The minimum absolute atomic E-state index is 0.131. The summed E-state index contributed by atoms with van der Waals surface area (Å²) < 4.78 is 6.36. The van der Waals surface area contributed by atoms with E-state index in [4.69, 9.17) is 4.74 Å². The molecule has 0 radical (unpaired) electrons. The molecule has 2 heterocycles. The topological polar surface area (TPSA) is 69.0 Å². The molecule has 0 atom stereocenters. The normalized spacial score (nSPS) is 11.1. The van der Waals surface area contributed by atoms with Crippen LogP contribution < -0.4 is 10.9 Å². The van der Waals surface area contributed by atoms with Crippen molar-refractivity contribution in [1.29, 1.82) is 0 Å². The third kappa shape index (κ3) is 3.68. The third-order valence-corrected chi connectivity index (χ3v) is 3.84. The summed E-state index contributed by atoms with van der Waals surface area (Å²) in [6.07, 6.45) is 0. The smallest absolute Gasteiger partial charge is 0.275 e. The van der Waals surface area contributed by atoms with Gasteiger partial charge in [0.1, 0.15) is 0 Å². The summed E-state index contributed by atoms with van der Waals surface area (Å²) >= 11 is 1.48. The van der Waals surface area contributed by atoms with Crippen molar-refractivity contribution in [3.63, 3.8) is 0 Å². The number of anilines is 1. The Labute approximate surface area is 127 Å². The molecule has 0 saturated carbocycles. The Morgan fingerprint density at radius 2 is 2.24 bits per heavy atom. The number of nitrogens with one attached hydrogen (secondary N) is 1. The minimum atomic E-state index is -0.131. The highest BCUT2D eigenvalue weighted by Crippen LogP contribution is 2.24. The monoisotopic (exact) mass is 308 g/mol. The van der Waals surface area contributed by atoms with Gasteiger partial charge in [-0.3, -0.25) is 4.79 Å². The van der Waals surface area contributed by atoms with Gasteiger partial charge in [0.05, 0.1) is 23.6 Å². The Balaban J connectivity index is 2.31. The molecule has 7 heteroatoms. The van der Waals surface area contributed by atoms with Crippen LogP contribution in [0.3, 0.4) is 0 Å². The van der Waals surface area contributed by atoms with Crippen LogP contribution in [0.2, 0.25) is 0 Å². The number of rotatable bonds is 6. The van der Waals surface area contributed by atoms with Crippen LogP contribution in [-0.4, -0.2) is 35.0 Å². The van der Waals surface area contributed by atoms with Crippen molar-refractivity contribution in [2.24, 2.45) is 7.05 Å². The second-order valence-corrected chi connectivity index (χ2v) is 5.88. The fourth-order valence-corrected chi connectivity index (χ4v) is 2.58. The number of aromatic nitrogens is 3.